The van der Waals surface area contributed by atoms with Crippen LogP contribution in [0, 0.1) is 30.1 Å². The second-order valence-corrected chi connectivity index (χ2v) is 3.11. The summed E-state index contributed by atoms with van der Waals surface area (Å²) in [5.41, 5.74) is 2.13. The molecular weight excluding hydrogens is 202 g/mol. The number of nitrogens with zero attached hydrogens (tertiary/aromatic N) is 1. The molecular formula is C13H11NO2. The lowest BCUT2D eigenvalue weighted by Gasteiger charge is -1.97. The molecule has 0 aromatic heterocycles. The summed E-state index contributed by atoms with van der Waals surface area (Å²) in [6, 6.07) is 7.19. The van der Waals surface area contributed by atoms with Crippen molar-refractivity contribution in [3.8, 4) is 17.9 Å². The highest BCUT2D eigenvalue weighted by molar-refractivity contribution is 5.89. The first kappa shape index (κ1) is 11.8. The van der Waals surface area contributed by atoms with Crippen LogP contribution < -0.4 is 0 Å². The van der Waals surface area contributed by atoms with Crippen molar-refractivity contribution in [1.82, 2.24) is 0 Å². The van der Waals surface area contributed by atoms with E-state index in [0.717, 1.165) is 5.56 Å². The van der Waals surface area contributed by atoms with Crippen LogP contribution in [0.4, 0.5) is 0 Å². The van der Waals surface area contributed by atoms with Crippen molar-refractivity contribution < 1.29 is 9.53 Å². The summed E-state index contributed by atoms with van der Waals surface area (Å²) >= 11 is 0. The molecule has 0 aliphatic heterocycles. The van der Waals surface area contributed by atoms with Crippen LogP contribution in [0.15, 0.2) is 18.2 Å². The van der Waals surface area contributed by atoms with Crippen molar-refractivity contribution in [2.75, 3.05) is 6.61 Å². The van der Waals surface area contributed by atoms with E-state index in [2.05, 4.69) is 16.6 Å². The zero-order valence-electron chi connectivity index (χ0n) is 9.20. The Morgan fingerprint density at radius 3 is 2.88 bits per heavy atom. The molecule has 80 valence electrons. The molecule has 0 aliphatic carbocycles. The predicted molar refractivity (Wildman–Crippen MR) is 59.4 cm³/mol. The van der Waals surface area contributed by atoms with E-state index in [1.165, 1.54) is 0 Å². The van der Waals surface area contributed by atoms with Gasteiger partial charge in [0.15, 0.2) is 0 Å². The Kier molecular flexibility index (Phi) is 4.12. The van der Waals surface area contributed by atoms with E-state index in [-0.39, 0.29) is 0 Å². The number of aryl methyl sites for hydroxylation is 1. The van der Waals surface area contributed by atoms with Gasteiger partial charge in [0, 0.05) is 11.5 Å². The van der Waals surface area contributed by atoms with Gasteiger partial charge in [-0.15, -0.1) is 0 Å². The summed E-state index contributed by atoms with van der Waals surface area (Å²) in [6.45, 7) is 3.90. The van der Waals surface area contributed by atoms with Crippen molar-refractivity contribution in [1.29, 1.82) is 5.26 Å². The van der Waals surface area contributed by atoms with Gasteiger partial charge in [0.05, 0.1) is 18.2 Å². The van der Waals surface area contributed by atoms with E-state index in [0.29, 0.717) is 17.7 Å². The number of ether oxygens (including phenoxy) is 1. The Balaban J connectivity index is 2.96. The third kappa shape index (κ3) is 3.15. The van der Waals surface area contributed by atoms with Gasteiger partial charge >= 0.3 is 5.97 Å². The molecule has 0 saturated carbocycles. The lowest BCUT2D eigenvalue weighted by Crippen LogP contribution is -1.99. The minimum absolute atomic E-state index is 0.310. The van der Waals surface area contributed by atoms with Crippen LogP contribution in [0.2, 0.25) is 0 Å². The van der Waals surface area contributed by atoms with Gasteiger partial charge in [-0.1, -0.05) is 12.0 Å². The number of hydrogen-bond acceptors (Lipinski definition) is 3. The van der Waals surface area contributed by atoms with E-state index in [9.17, 15) is 4.79 Å². The van der Waals surface area contributed by atoms with Crippen molar-refractivity contribution in [2.24, 2.45) is 0 Å². The van der Waals surface area contributed by atoms with Crippen LogP contribution in [-0.4, -0.2) is 12.6 Å². The molecule has 16 heavy (non-hydrogen) atoms. The average Bonchev–Trinajstić information content (AvgIpc) is 2.28. The first-order chi connectivity index (χ1) is 7.67. The molecule has 1 aromatic rings. The number of nitriles is 1. The lowest BCUT2D eigenvalue weighted by atomic mass is 10.1. The van der Waals surface area contributed by atoms with Crippen molar-refractivity contribution >= 4 is 5.97 Å². The van der Waals surface area contributed by atoms with Crippen LogP contribution >= 0.6 is 0 Å². The summed E-state index contributed by atoms with van der Waals surface area (Å²) < 4.78 is 4.68. The number of esters is 1. The van der Waals surface area contributed by atoms with E-state index in [1.54, 1.807) is 25.1 Å². The number of benzene rings is 1. The first-order valence-corrected chi connectivity index (χ1v) is 4.87. The highest BCUT2D eigenvalue weighted by Crippen LogP contribution is 2.08. The SMILES string of the molecule is CCOC(=O)C#Cc1cc(C#N)ccc1C. The van der Waals surface area contributed by atoms with Gasteiger partial charge in [0.1, 0.15) is 0 Å². The third-order valence-corrected chi connectivity index (χ3v) is 1.94. The molecule has 0 spiro atoms. The van der Waals surface area contributed by atoms with Crippen LogP contribution in [0.25, 0.3) is 0 Å². The van der Waals surface area contributed by atoms with Gasteiger partial charge in [0.2, 0.25) is 0 Å². The van der Waals surface area contributed by atoms with Gasteiger partial charge in [-0.2, -0.15) is 5.26 Å². The summed E-state index contributed by atoms with van der Waals surface area (Å²) in [7, 11) is 0. The third-order valence-electron chi connectivity index (χ3n) is 1.94. The minimum atomic E-state index is -0.552. The minimum Gasteiger partial charge on any atom is -0.456 e. The maximum Gasteiger partial charge on any atom is 0.384 e. The first-order valence-electron chi connectivity index (χ1n) is 4.87. The highest BCUT2D eigenvalue weighted by Gasteiger charge is 1.98. The highest BCUT2D eigenvalue weighted by atomic mass is 16.5. The van der Waals surface area contributed by atoms with Gasteiger partial charge in [-0.05, 0) is 31.5 Å². The molecule has 0 bridgehead atoms. The maximum absolute atomic E-state index is 11.0. The fourth-order valence-electron chi connectivity index (χ4n) is 1.11. The zero-order chi connectivity index (χ0) is 12.0. The molecule has 1 aromatic carbocycles. The van der Waals surface area contributed by atoms with Crippen molar-refractivity contribution in [3.05, 3.63) is 34.9 Å². The number of carbonyl (C=O) groups is 1. The Morgan fingerprint density at radius 2 is 2.25 bits per heavy atom. The van der Waals surface area contributed by atoms with E-state index < -0.39 is 5.97 Å². The van der Waals surface area contributed by atoms with Gasteiger partial charge in [-0.25, -0.2) is 4.79 Å². The van der Waals surface area contributed by atoms with Crippen LogP contribution in [0.5, 0.6) is 0 Å². The Morgan fingerprint density at radius 1 is 1.50 bits per heavy atom. The fraction of sp³-hybridized carbons (Fsp3) is 0.231. The average molecular weight is 213 g/mol. The van der Waals surface area contributed by atoms with Gasteiger partial charge < -0.3 is 4.74 Å². The molecule has 0 saturated heterocycles. The molecule has 0 atom stereocenters. The van der Waals surface area contributed by atoms with Crippen LogP contribution in [0.3, 0.4) is 0 Å². The van der Waals surface area contributed by atoms with Crippen molar-refractivity contribution in [2.45, 2.75) is 13.8 Å². The quantitative estimate of drug-likeness (QED) is 0.527. The van der Waals surface area contributed by atoms with Crippen LogP contribution in [-0.2, 0) is 9.53 Å². The molecule has 0 amide bonds. The predicted octanol–water partition coefficient (Wildman–Crippen LogP) is 1.78. The molecule has 0 unspecified atom stereocenters. The van der Waals surface area contributed by atoms with E-state index >= 15 is 0 Å². The zero-order valence-corrected chi connectivity index (χ0v) is 9.20. The fourth-order valence-corrected chi connectivity index (χ4v) is 1.11. The number of hydrogen-bond donors (Lipinski definition) is 0. The van der Waals surface area contributed by atoms with E-state index in [1.807, 2.05) is 13.0 Å². The summed E-state index contributed by atoms with van der Waals surface area (Å²) in [5.74, 6) is 4.52. The lowest BCUT2D eigenvalue weighted by molar-refractivity contribution is -0.136. The molecule has 0 aliphatic rings. The molecule has 0 N–H and O–H groups in total. The molecule has 3 heteroatoms. The summed E-state index contributed by atoms with van der Waals surface area (Å²) in [6.07, 6.45) is 0. The maximum atomic E-state index is 11.0. The van der Waals surface area contributed by atoms with E-state index in [4.69, 9.17) is 5.26 Å². The smallest absolute Gasteiger partial charge is 0.384 e. The molecule has 0 heterocycles. The largest absolute Gasteiger partial charge is 0.456 e. The summed E-state index contributed by atoms with van der Waals surface area (Å²) in [4.78, 5) is 11.0. The number of carbonyl (C=O) groups excluding carboxylic acids is 1. The number of rotatable bonds is 1. The van der Waals surface area contributed by atoms with Crippen molar-refractivity contribution in [3.63, 3.8) is 0 Å². The Labute approximate surface area is 94.7 Å². The second-order valence-electron chi connectivity index (χ2n) is 3.11. The van der Waals surface area contributed by atoms with Crippen LogP contribution in [0.1, 0.15) is 23.6 Å². The molecule has 0 radical (unpaired) electrons. The normalized spacial score (nSPS) is 8.56. The molecule has 3 nitrogen and oxygen atoms in total. The Hall–Kier alpha value is -2.26. The van der Waals surface area contributed by atoms with Gasteiger partial charge in [-0.3, -0.25) is 0 Å². The summed E-state index contributed by atoms with van der Waals surface area (Å²) in [5, 5.41) is 8.72. The topological polar surface area (TPSA) is 50.1 Å². The molecule has 0 fully saturated rings. The monoisotopic (exact) mass is 213 g/mol. The molecule has 1 rings (SSSR count). The van der Waals surface area contributed by atoms with Gasteiger partial charge in [0.25, 0.3) is 0 Å². The second kappa shape index (κ2) is 5.58. The standard InChI is InChI=1S/C13H11NO2/c1-3-16-13(15)7-6-12-8-11(9-14)5-4-10(12)2/h4-5,8H,3H2,1-2H3. The Bertz CT molecular complexity index is 501.